The normalized spacial score (nSPS) is 17.2. The number of carbonyl (C=O) groups excluding carboxylic acids is 1. The Morgan fingerprint density at radius 3 is 2.41 bits per heavy atom. The summed E-state index contributed by atoms with van der Waals surface area (Å²) in [6.07, 6.45) is 2.24. The fraction of sp³-hybridized carbons (Fsp3) is 0.462. The van der Waals surface area contributed by atoms with Crippen LogP contribution in [0, 0.1) is 0 Å². The lowest BCUT2D eigenvalue weighted by Gasteiger charge is -2.29. The van der Waals surface area contributed by atoms with E-state index in [2.05, 4.69) is 0 Å². The van der Waals surface area contributed by atoms with E-state index >= 15 is 0 Å². The smallest absolute Gasteiger partial charge is 0.226 e. The van der Waals surface area contributed by atoms with E-state index in [-0.39, 0.29) is 11.3 Å². The van der Waals surface area contributed by atoms with E-state index in [1.54, 1.807) is 0 Å². The number of halogens is 2. The largest absolute Gasteiger partial charge is 0.342 e. The van der Waals surface area contributed by atoms with Crippen molar-refractivity contribution in [3.8, 4) is 0 Å². The highest BCUT2D eigenvalue weighted by atomic mass is 35.5. The highest BCUT2D eigenvalue weighted by Crippen LogP contribution is 2.17. The third-order valence-corrected chi connectivity index (χ3v) is 3.73. The number of likely N-dealkylation sites (tertiary alicyclic amines) is 1. The average molecular weight is 272 g/mol. The van der Waals surface area contributed by atoms with Crippen LogP contribution in [0.15, 0.2) is 24.3 Å². The standard InChI is InChI=1S/C13H15Cl2NO/c14-11-3-1-10(2-4-11)9-13(17)16-7-5-12(15)6-8-16/h1-4,12H,5-9H2. The predicted octanol–water partition coefficient (Wildman–Crippen LogP) is 3.11. The van der Waals surface area contributed by atoms with E-state index in [4.69, 9.17) is 23.2 Å². The molecule has 0 radical (unpaired) electrons. The molecule has 1 fully saturated rings. The van der Waals surface area contributed by atoms with Crippen molar-refractivity contribution in [3.63, 3.8) is 0 Å². The molecule has 0 unspecified atom stereocenters. The highest BCUT2D eigenvalue weighted by molar-refractivity contribution is 6.30. The molecule has 1 saturated heterocycles. The van der Waals surface area contributed by atoms with Crippen LogP contribution in [0.3, 0.4) is 0 Å². The maximum atomic E-state index is 12.0. The Bertz CT molecular complexity index is 383. The van der Waals surface area contributed by atoms with Crippen molar-refractivity contribution in [1.29, 1.82) is 0 Å². The minimum absolute atomic E-state index is 0.177. The molecule has 0 bridgehead atoms. The Hall–Kier alpha value is -0.730. The van der Waals surface area contributed by atoms with Gasteiger partial charge in [-0.05, 0) is 30.5 Å². The Morgan fingerprint density at radius 2 is 1.82 bits per heavy atom. The molecule has 1 aliphatic heterocycles. The molecule has 0 saturated carbocycles. The summed E-state index contributed by atoms with van der Waals surface area (Å²) in [7, 11) is 0. The third-order valence-electron chi connectivity index (χ3n) is 3.05. The fourth-order valence-corrected chi connectivity index (χ4v) is 2.31. The van der Waals surface area contributed by atoms with Crippen LogP contribution in [0.1, 0.15) is 18.4 Å². The third kappa shape index (κ3) is 3.62. The van der Waals surface area contributed by atoms with Crippen LogP contribution < -0.4 is 0 Å². The van der Waals surface area contributed by atoms with Gasteiger partial charge in [0.15, 0.2) is 0 Å². The number of hydrogen-bond acceptors (Lipinski definition) is 1. The van der Waals surface area contributed by atoms with E-state index in [1.165, 1.54) is 0 Å². The van der Waals surface area contributed by atoms with Crippen molar-refractivity contribution < 1.29 is 4.79 Å². The molecule has 1 aromatic carbocycles. The zero-order valence-corrected chi connectivity index (χ0v) is 11.0. The van der Waals surface area contributed by atoms with E-state index in [0.717, 1.165) is 31.5 Å². The summed E-state index contributed by atoms with van der Waals surface area (Å²) in [5.74, 6) is 0.177. The van der Waals surface area contributed by atoms with Crippen LogP contribution in [-0.2, 0) is 11.2 Å². The number of alkyl halides is 1. The predicted molar refractivity (Wildman–Crippen MR) is 70.6 cm³/mol. The van der Waals surface area contributed by atoms with Gasteiger partial charge in [-0.15, -0.1) is 11.6 Å². The molecule has 0 spiro atoms. The molecule has 1 amide bonds. The zero-order valence-electron chi connectivity index (χ0n) is 9.53. The van der Waals surface area contributed by atoms with Crippen LogP contribution >= 0.6 is 23.2 Å². The van der Waals surface area contributed by atoms with Gasteiger partial charge in [-0.3, -0.25) is 4.79 Å². The molecule has 2 rings (SSSR count). The quantitative estimate of drug-likeness (QED) is 0.757. The van der Waals surface area contributed by atoms with Crippen LogP contribution in [-0.4, -0.2) is 29.3 Å². The van der Waals surface area contributed by atoms with Crippen molar-refractivity contribution in [2.24, 2.45) is 0 Å². The van der Waals surface area contributed by atoms with Gasteiger partial charge in [0.25, 0.3) is 0 Å². The maximum absolute atomic E-state index is 12.0. The molecule has 1 aromatic rings. The van der Waals surface area contributed by atoms with Crippen LogP contribution in [0.5, 0.6) is 0 Å². The van der Waals surface area contributed by atoms with E-state index in [1.807, 2.05) is 29.2 Å². The van der Waals surface area contributed by atoms with Gasteiger partial charge in [0.1, 0.15) is 0 Å². The fourth-order valence-electron chi connectivity index (χ4n) is 1.99. The average Bonchev–Trinajstić information content (AvgIpc) is 2.33. The Labute approximate surface area is 112 Å². The molecular formula is C13H15Cl2NO. The van der Waals surface area contributed by atoms with Gasteiger partial charge in [-0.25, -0.2) is 0 Å². The van der Waals surface area contributed by atoms with Crippen LogP contribution in [0.2, 0.25) is 5.02 Å². The molecule has 1 aliphatic rings. The van der Waals surface area contributed by atoms with Gasteiger partial charge < -0.3 is 4.90 Å². The first kappa shape index (κ1) is 12.7. The summed E-state index contributed by atoms with van der Waals surface area (Å²) in [6, 6.07) is 7.42. The first-order valence-electron chi connectivity index (χ1n) is 5.81. The monoisotopic (exact) mass is 271 g/mol. The summed E-state index contributed by atoms with van der Waals surface area (Å²) in [5, 5.41) is 0.929. The highest BCUT2D eigenvalue weighted by Gasteiger charge is 2.21. The van der Waals surface area contributed by atoms with Crippen molar-refractivity contribution in [2.45, 2.75) is 24.6 Å². The molecule has 2 nitrogen and oxygen atoms in total. The number of rotatable bonds is 2. The van der Waals surface area contributed by atoms with Crippen molar-refractivity contribution in [1.82, 2.24) is 4.90 Å². The molecule has 92 valence electrons. The molecular weight excluding hydrogens is 257 g/mol. The number of piperidine rings is 1. The van der Waals surface area contributed by atoms with Crippen molar-refractivity contribution in [3.05, 3.63) is 34.9 Å². The van der Waals surface area contributed by atoms with Crippen LogP contribution in [0.25, 0.3) is 0 Å². The maximum Gasteiger partial charge on any atom is 0.226 e. The molecule has 0 aliphatic carbocycles. The number of benzene rings is 1. The molecule has 0 N–H and O–H groups in total. The first-order valence-corrected chi connectivity index (χ1v) is 6.63. The van der Waals surface area contributed by atoms with Gasteiger partial charge in [0.2, 0.25) is 5.91 Å². The Balaban J connectivity index is 1.90. The van der Waals surface area contributed by atoms with Crippen LogP contribution in [0.4, 0.5) is 0 Å². The Kier molecular flexibility index (Phi) is 4.30. The van der Waals surface area contributed by atoms with Crippen molar-refractivity contribution >= 4 is 29.1 Å². The van der Waals surface area contributed by atoms with E-state index < -0.39 is 0 Å². The van der Waals surface area contributed by atoms with Gasteiger partial charge in [0, 0.05) is 23.5 Å². The van der Waals surface area contributed by atoms with Crippen molar-refractivity contribution in [2.75, 3.05) is 13.1 Å². The summed E-state index contributed by atoms with van der Waals surface area (Å²) < 4.78 is 0. The molecule has 4 heteroatoms. The number of nitrogens with zero attached hydrogens (tertiary/aromatic N) is 1. The zero-order chi connectivity index (χ0) is 12.3. The first-order chi connectivity index (χ1) is 8.15. The second-order valence-electron chi connectivity index (χ2n) is 4.36. The lowest BCUT2D eigenvalue weighted by molar-refractivity contribution is -0.131. The van der Waals surface area contributed by atoms with E-state index in [0.29, 0.717) is 11.4 Å². The molecule has 17 heavy (non-hydrogen) atoms. The SMILES string of the molecule is O=C(Cc1ccc(Cl)cc1)N1CCC(Cl)CC1. The Morgan fingerprint density at radius 1 is 1.24 bits per heavy atom. The topological polar surface area (TPSA) is 20.3 Å². The summed E-state index contributed by atoms with van der Waals surface area (Å²) in [4.78, 5) is 13.9. The minimum Gasteiger partial charge on any atom is -0.342 e. The van der Waals surface area contributed by atoms with E-state index in [9.17, 15) is 4.79 Å². The molecule has 0 atom stereocenters. The lowest BCUT2D eigenvalue weighted by atomic mass is 10.1. The molecule has 0 aromatic heterocycles. The summed E-state index contributed by atoms with van der Waals surface area (Å²) in [6.45, 7) is 1.56. The second-order valence-corrected chi connectivity index (χ2v) is 5.41. The second kappa shape index (κ2) is 5.74. The lowest BCUT2D eigenvalue weighted by Crippen LogP contribution is -2.39. The number of hydrogen-bond donors (Lipinski definition) is 0. The van der Waals surface area contributed by atoms with Gasteiger partial charge >= 0.3 is 0 Å². The molecule has 1 heterocycles. The van der Waals surface area contributed by atoms with Gasteiger partial charge in [-0.1, -0.05) is 23.7 Å². The van der Waals surface area contributed by atoms with Gasteiger partial charge in [-0.2, -0.15) is 0 Å². The number of carbonyl (C=O) groups is 1. The summed E-state index contributed by atoms with van der Waals surface area (Å²) in [5.41, 5.74) is 1.01. The number of amides is 1. The van der Waals surface area contributed by atoms with Gasteiger partial charge in [0.05, 0.1) is 6.42 Å². The minimum atomic E-state index is 0.177. The summed E-state index contributed by atoms with van der Waals surface area (Å²) >= 11 is 11.8.